The molecule has 14 nitrogen and oxygen atoms in total. The summed E-state index contributed by atoms with van der Waals surface area (Å²) >= 11 is 3.57. The van der Waals surface area contributed by atoms with Crippen LogP contribution >= 0.6 is 12.6 Å². The van der Waals surface area contributed by atoms with Crippen molar-refractivity contribution in [1.29, 1.82) is 0 Å². The van der Waals surface area contributed by atoms with Crippen LogP contribution in [0.15, 0.2) is 0 Å². The van der Waals surface area contributed by atoms with Gasteiger partial charge >= 0.3 is 11.9 Å². The highest BCUT2D eigenvalue weighted by molar-refractivity contribution is 7.96. The van der Waals surface area contributed by atoms with E-state index in [2.05, 4.69) is 28.6 Å². The molecule has 0 radical (unpaired) electrons. The van der Waals surface area contributed by atoms with E-state index in [1.165, 1.54) is 57.8 Å². The molecule has 48 heavy (non-hydrogen) atoms. The molecule has 0 aliphatic rings. The standard InChI is InChI=1S/C32H57N3O9S.CH2O2/c36-24-26(32(44)45)35-29(39)19-17-23-33-27(37)22-21-25(31(42)43)34-28(38)18-15-13-11-9-7-5-3-1-2-4-6-8-10-12-14-16-20-30(40)41;2-1-3/h25-26,36H,1-24H2,(H,33,37)(H,34,38)(H,35,39)(H,40,41)(H,42,43)(H,44,45);1H,(H,2,3). The van der Waals surface area contributed by atoms with Crippen molar-refractivity contribution >= 4 is 53.9 Å². The number of nitrogens with one attached hydrogen (secondary N) is 3. The molecule has 15 heteroatoms. The molecule has 3 amide bonds. The topological polar surface area (TPSA) is 236 Å². The van der Waals surface area contributed by atoms with Crippen LogP contribution < -0.4 is 16.0 Å². The zero-order valence-electron chi connectivity index (χ0n) is 28.3. The Labute approximate surface area is 290 Å². The number of carboxylic acids is 2. The van der Waals surface area contributed by atoms with Crippen LogP contribution in [0.5, 0.6) is 0 Å². The van der Waals surface area contributed by atoms with E-state index in [-0.39, 0.29) is 57.4 Å². The summed E-state index contributed by atoms with van der Waals surface area (Å²) in [6, 6.07) is -2.23. The number of unbranched alkanes of at least 4 members (excludes halogenated alkanes) is 15. The summed E-state index contributed by atoms with van der Waals surface area (Å²) in [5, 5.41) is 40.7. The number of aliphatic hydroxyl groups excluding tert-OH is 1. The van der Waals surface area contributed by atoms with E-state index in [9.17, 15) is 33.9 Å². The molecule has 0 spiro atoms. The zero-order chi connectivity index (χ0) is 36.4. The number of hydrogen-bond donors (Lipinski definition) is 8. The Bertz CT molecular complexity index is 921. The maximum absolute atomic E-state index is 12.2. The number of hydrogen-bond acceptors (Lipinski definition) is 8. The molecule has 0 aromatic rings. The third-order valence-corrected chi connectivity index (χ3v) is 7.87. The van der Waals surface area contributed by atoms with Gasteiger partial charge in [-0.1, -0.05) is 89.9 Å². The molecule has 2 unspecified atom stereocenters. The van der Waals surface area contributed by atoms with Gasteiger partial charge in [0.05, 0.1) is 6.61 Å². The third-order valence-electron chi connectivity index (χ3n) is 7.56. The second kappa shape index (κ2) is 33.7. The summed E-state index contributed by atoms with van der Waals surface area (Å²) in [6.45, 7) is -0.632. The first kappa shape index (κ1) is 46.9. The predicted octanol–water partition coefficient (Wildman–Crippen LogP) is 3.97. The van der Waals surface area contributed by atoms with Gasteiger partial charge in [0.25, 0.3) is 6.47 Å². The van der Waals surface area contributed by atoms with Crippen LogP contribution in [0.1, 0.15) is 141 Å². The number of thiol groups is 1. The number of amides is 3. The Balaban J connectivity index is 0. The van der Waals surface area contributed by atoms with Gasteiger partial charge in [-0.15, -0.1) is 12.6 Å². The SMILES string of the molecule is O=C(O)CCCCCCCCCCCCCCCCCCC(=O)NC(CCC(=O)NCCCC(=O)NC(CO)C(=O)S)C(=O)O.O=CO. The van der Waals surface area contributed by atoms with E-state index in [1.807, 2.05) is 0 Å². The highest BCUT2D eigenvalue weighted by Gasteiger charge is 2.21. The molecule has 0 heterocycles. The quantitative estimate of drug-likeness (QED) is 0.0292. The summed E-state index contributed by atoms with van der Waals surface area (Å²) in [5.41, 5.74) is 0. The lowest BCUT2D eigenvalue weighted by atomic mass is 10.0. The number of aliphatic carboxylic acids is 2. The first-order valence-corrected chi connectivity index (χ1v) is 17.6. The van der Waals surface area contributed by atoms with Crippen molar-refractivity contribution in [2.24, 2.45) is 0 Å². The minimum Gasteiger partial charge on any atom is -0.483 e. The molecule has 0 aromatic heterocycles. The second-order valence-corrected chi connectivity index (χ2v) is 12.2. The number of carbonyl (C=O) groups excluding carboxylic acids is 4. The van der Waals surface area contributed by atoms with E-state index in [4.69, 9.17) is 20.1 Å². The second-order valence-electron chi connectivity index (χ2n) is 11.7. The molecule has 0 saturated carbocycles. The number of carboxylic acid groups (broad SMARTS) is 3. The molecule has 0 bridgehead atoms. The largest absolute Gasteiger partial charge is 0.483 e. The third kappa shape index (κ3) is 32.7. The van der Waals surface area contributed by atoms with Gasteiger partial charge in [-0.3, -0.25) is 28.8 Å². The van der Waals surface area contributed by atoms with Crippen molar-refractivity contribution < 1.29 is 54.0 Å². The number of carbonyl (C=O) groups is 7. The van der Waals surface area contributed by atoms with Crippen molar-refractivity contribution in [2.45, 2.75) is 153 Å². The van der Waals surface area contributed by atoms with Crippen LogP contribution in [0.3, 0.4) is 0 Å². The van der Waals surface area contributed by atoms with Crippen molar-refractivity contribution in [3.63, 3.8) is 0 Å². The minimum absolute atomic E-state index is 0.0221. The van der Waals surface area contributed by atoms with Crippen LogP contribution in [0.4, 0.5) is 0 Å². The molecular formula is C33H59N3O11S. The summed E-state index contributed by atoms with van der Waals surface area (Å²) in [6.07, 6.45) is 18.5. The van der Waals surface area contributed by atoms with Gasteiger partial charge in [0, 0.05) is 32.2 Å². The van der Waals surface area contributed by atoms with Crippen molar-refractivity contribution in [2.75, 3.05) is 13.2 Å². The van der Waals surface area contributed by atoms with Crippen LogP contribution in [-0.2, 0) is 33.6 Å². The van der Waals surface area contributed by atoms with E-state index < -0.39 is 47.6 Å². The summed E-state index contributed by atoms with van der Waals surface area (Å²) < 4.78 is 0. The molecule has 0 aromatic carbocycles. The smallest absolute Gasteiger partial charge is 0.326 e. The average Bonchev–Trinajstić information content (AvgIpc) is 3.03. The summed E-state index contributed by atoms with van der Waals surface area (Å²) in [4.78, 5) is 77.5. The van der Waals surface area contributed by atoms with Gasteiger partial charge in [-0.2, -0.15) is 0 Å². The van der Waals surface area contributed by atoms with E-state index >= 15 is 0 Å². The first-order valence-electron chi connectivity index (χ1n) is 17.2. The van der Waals surface area contributed by atoms with Gasteiger partial charge in [0.2, 0.25) is 22.8 Å². The average molecular weight is 706 g/mol. The highest BCUT2D eigenvalue weighted by atomic mass is 32.1. The van der Waals surface area contributed by atoms with E-state index in [0.29, 0.717) is 6.42 Å². The van der Waals surface area contributed by atoms with Gasteiger partial charge < -0.3 is 36.4 Å². The Morgan fingerprint density at radius 3 is 1.31 bits per heavy atom. The predicted molar refractivity (Wildman–Crippen MR) is 183 cm³/mol. The number of rotatable bonds is 31. The first-order chi connectivity index (χ1) is 23.0. The fourth-order valence-corrected chi connectivity index (χ4v) is 5.00. The van der Waals surface area contributed by atoms with Gasteiger partial charge in [-0.25, -0.2) is 4.79 Å². The molecule has 0 rings (SSSR count). The van der Waals surface area contributed by atoms with E-state index in [1.54, 1.807) is 0 Å². The monoisotopic (exact) mass is 705 g/mol. The lowest BCUT2D eigenvalue weighted by molar-refractivity contribution is -0.142. The van der Waals surface area contributed by atoms with Crippen molar-refractivity contribution in [3.8, 4) is 0 Å². The summed E-state index contributed by atoms with van der Waals surface area (Å²) in [7, 11) is 0. The lowest BCUT2D eigenvalue weighted by Gasteiger charge is -2.15. The van der Waals surface area contributed by atoms with Crippen molar-refractivity contribution in [3.05, 3.63) is 0 Å². The Morgan fingerprint density at radius 2 is 0.938 bits per heavy atom. The maximum atomic E-state index is 12.2. The summed E-state index contributed by atoms with van der Waals surface area (Å²) in [5.74, 6) is -3.10. The normalized spacial score (nSPS) is 11.7. The Hall–Kier alpha value is -3.20. The van der Waals surface area contributed by atoms with Crippen LogP contribution in [0.25, 0.3) is 0 Å². The Morgan fingerprint density at radius 1 is 0.562 bits per heavy atom. The maximum Gasteiger partial charge on any atom is 0.326 e. The highest BCUT2D eigenvalue weighted by Crippen LogP contribution is 2.14. The fourth-order valence-electron chi connectivity index (χ4n) is 4.85. The van der Waals surface area contributed by atoms with E-state index in [0.717, 1.165) is 38.5 Å². The van der Waals surface area contributed by atoms with Gasteiger partial charge in [0.1, 0.15) is 12.1 Å². The minimum atomic E-state index is -1.20. The molecule has 2 atom stereocenters. The molecular weight excluding hydrogens is 646 g/mol. The molecule has 0 saturated heterocycles. The fraction of sp³-hybridized carbons (Fsp3) is 0.788. The van der Waals surface area contributed by atoms with Gasteiger partial charge in [0.15, 0.2) is 0 Å². The van der Waals surface area contributed by atoms with Crippen LogP contribution in [-0.4, -0.2) is 86.9 Å². The lowest BCUT2D eigenvalue weighted by Crippen LogP contribution is -2.42. The van der Waals surface area contributed by atoms with Gasteiger partial charge in [-0.05, 0) is 25.7 Å². The molecule has 0 fully saturated rings. The molecule has 0 aliphatic carbocycles. The molecule has 0 aliphatic heterocycles. The molecule has 278 valence electrons. The van der Waals surface area contributed by atoms with Crippen LogP contribution in [0, 0.1) is 0 Å². The zero-order valence-corrected chi connectivity index (χ0v) is 29.2. The number of aliphatic hydroxyl groups is 1. The van der Waals surface area contributed by atoms with Crippen LogP contribution in [0.2, 0.25) is 0 Å². The molecule has 7 N–H and O–H groups in total. The Kier molecular flexibility index (Phi) is 32.9. The van der Waals surface area contributed by atoms with Crippen molar-refractivity contribution in [1.82, 2.24) is 16.0 Å².